The number of rotatable bonds is 9. The third kappa shape index (κ3) is 5.23. The van der Waals surface area contributed by atoms with E-state index < -0.39 is 16.0 Å². The van der Waals surface area contributed by atoms with Crippen LogP contribution in [0.25, 0.3) is 0 Å². The van der Waals surface area contributed by atoms with Crippen LogP contribution in [0.15, 0.2) is 77.7 Å². The molecule has 0 N–H and O–H groups in total. The Kier molecular flexibility index (Phi) is 7.77. The minimum atomic E-state index is -4.12. The first-order chi connectivity index (χ1) is 15.4. The Morgan fingerprint density at radius 1 is 0.969 bits per heavy atom. The molecule has 3 rings (SSSR count). The number of carbonyl (C=O) groups excluding carboxylic acids is 1. The number of benzene rings is 3. The van der Waals surface area contributed by atoms with Gasteiger partial charge in [-0.05, 0) is 42.8 Å². The van der Waals surface area contributed by atoms with Gasteiger partial charge in [-0.1, -0.05) is 54.1 Å². The molecule has 0 aliphatic heterocycles. The van der Waals surface area contributed by atoms with E-state index in [2.05, 4.69) is 0 Å². The summed E-state index contributed by atoms with van der Waals surface area (Å²) in [6.07, 6.45) is 0.402. The smallest absolute Gasteiger partial charge is 0.339 e. The lowest BCUT2D eigenvalue weighted by atomic mass is 10.2. The normalized spacial score (nSPS) is 11.1. The number of halogens is 1. The topological polar surface area (TPSA) is 72.9 Å². The first-order valence-corrected chi connectivity index (χ1v) is 11.8. The van der Waals surface area contributed by atoms with Crippen LogP contribution in [0.5, 0.6) is 5.75 Å². The first-order valence-electron chi connectivity index (χ1n) is 9.99. The Balaban J connectivity index is 1.91. The Morgan fingerprint density at radius 3 is 2.34 bits per heavy atom. The number of esters is 1. The summed E-state index contributed by atoms with van der Waals surface area (Å²) in [6.45, 7) is 2.35. The second kappa shape index (κ2) is 10.5. The summed E-state index contributed by atoms with van der Waals surface area (Å²) in [4.78, 5) is 12.1. The molecular weight excluding hydrogens is 450 g/mol. The number of para-hydroxylation sites is 2. The van der Waals surface area contributed by atoms with Crippen LogP contribution in [0.3, 0.4) is 0 Å². The maximum Gasteiger partial charge on any atom is 0.339 e. The van der Waals surface area contributed by atoms with Gasteiger partial charge in [-0.2, -0.15) is 0 Å². The van der Waals surface area contributed by atoms with Crippen LogP contribution < -0.4 is 9.04 Å². The molecule has 0 spiro atoms. The Bertz CT molecular complexity index is 1200. The van der Waals surface area contributed by atoms with E-state index in [0.717, 1.165) is 11.3 Å². The molecule has 0 fully saturated rings. The molecule has 3 aromatic carbocycles. The van der Waals surface area contributed by atoms with Gasteiger partial charge in [-0.15, -0.1) is 0 Å². The van der Waals surface area contributed by atoms with Gasteiger partial charge in [0.2, 0.25) is 0 Å². The van der Waals surface area contributed by atoms with Crippen LogP contribution in [0, 0.1) is 6.92 Å². The third-order valence-corrected chi connectivity index (χ3v) is 7.03. The van der Waals surface area contributed by atoms with Crippen molar-refractivity contribution in [1.82, 2.24) is 0 Å². The van der Waals surface area contributed by atoms with Crippen LogP contribution >= 0.6 is 11.6 Å². The van der Waals surface area contributed by atoms with Crippen molar-refractivity contribution in [3.63, 3.8) is 0 Å². The summed E-state index contributed by atoms with van der Waals surface area (Å²) in [5.41, 5.74) is 1.28. The minimum Gasteiger partial charge on any atom is -0.493 e. The van der Waals surface area contributed by atoms with Crippen molar-refractivity contribution in [3.05, 3.63) is 88.9 Å². The molecular formula is C24H24ClNO5S. The molecule has 0 saturated heterocycles. The fraction of sp³-hybridized carbons (Fsp3) is 0.208. The lowest BCUT2D eigenvalue weighted by Crippen LogP contribution is -2.34. The molecule has 0 heterocycles. The van der Waals surface area contributed by atoms with Crippen molar-refractivity contribution in [2.45, 2.75) is 18.2 Å². The van der Waals surface area contributed by atoms with Gasteiger partial charge in [0.25, 0.3) is 10.0 Å². The molecule has 6 nitrogen and oxygen atoms in total. The van der Waals surface area contributed by atoms with E-state index in [1.807, 2.05) is 31.2 Å². The van der Waals surface area contributed by atoms with Gasteiger partial charge >= 0.3 is 5.97 Å². The molecule has 0 amide bonds. The van der Waals surface area contributed by atoms with E-state index in [-0.39, 0.29) is 22.0 Å². The van der Waals surface area contributed by atoms with E-state index >= 15 is 0 Å². The van der Waals surface area contributed by atoms with Crippen molar-refractivity contribution < 1.29 is 22.7 Å². The SMILES string of the molecule is COC(=O)c1ccccc1S(=O)(=O)N(CCCOc1ccccc1C)c1ccccc1Cl. The molecule has 168 valence electrons. The van der Waals surface area contributed by atoms with E-state index in [0.29, 0.717) is 18.7 Å². The minimum absolute atomic E-state index is 0.0387. The maximum absolute atomic E-state index is 13.7. The zero-order valence-corrected chi connectivity index (χ0v) is 19.4. The zero-order chi connectivity index (χ0) is 23.1. The van der Waals surface area contributed by atoms with Gasteiger partial charge < -0.3 is 9.47 Å². The Labute approximate surface area is 193 Å². The van der Waals surface area contributed by atoms with Gasteiger partial charge in [0.05, 0.1) is 30.0 Å². The van der Waals surface area contributed by atoms with Crippen LogP contribution in [-0.4, -0.2) is 34.6 Å². The van der Waals surface area contributed by atoms with E-state index in [1.165, 1.54) is 23.5 Å². The summed E-state index contributed by atoms with van der Waals surface area (Å²) >= 11 is 6.34. The molecule has 0 bridgehead atoms. The van der Waals surface area contributed by atoms with Crippen LogP contribution in [0.2, 0.25) is 5.02 Å². The number of sulfonamides is 1. The Morgan fingerprint density at radius 2 is 1.62 bits per heavy atom. The first kappa shape index (κ1) is 23.6. The number of nitrogens with zero attached hydrogens (tertiary/aromatic N) is 1. The second-order valence-corrected chi connectivity index (χ2v) is 9.22. The zero-order valence-electron chi connectivity index (χ0n) is 17.8. The number of methoxy groups -OCH3 is 1. The Hall–Kier alpha value is -3.03. The van der Waals surface area contributed by atoms with Crippen LogP contribution in [0.4, 0.5) is 5.69 Å². The summed E-state index contributed by atoms with van der Waals surface area (Å²) in [5.74, 6) is 0.0156. The molecule has 0 radical (unpaired) electrons. The number of carbonyl (C=O) groups is 1. The number of hydrogen-bond acceptors (Lipinski definition) is 5. The maximum atomic E-state index is 13.7. The standard InChI is InChI=1S/C24H24ClNO5S/c1-18-10-3-7-14-22(18)31-17-9-16-26(21-13-6-5-12-20(21)25)32(28,29)23-15-8-4-11-19(23)24(27)30-2/h3-8,10-15H,9,16-17H2,1-2H3. The van der Waals surface area contributed by atoms with E-state index in [1.54, 1.807) is 36.4 Å². The van der Waals surface area contributed by atoms with Crippen LogP contribution in [0.1, 0.15) is 22.3 Å². The quantitative estimate of drug-likeness (QED) is 0.319. The highest BCUT2D eigenvalue weighted by atomic mass is 35.5. The highest BCUT2D eigenvalue weighted by Gasteiger charge is 2.30. The lowest BCUT2D eigenvalue weighted by Gasteiger charge is -2.26. The number of aryl methyl sites for hydroxylation is 1. The van der Waals surface area contributed by atoms with E-state index in [4.69, 9.17) is 21.1 Å². The number of anilines is 1. The predicted molar refractivity (Wildman–Crippen MR) is 125 cm³/mol. The van der Waals surface area contributed by atoms with Crippen molar-refractivity contribution in [3.8, 4) is 5.75 Å². The molecule has 0 aromatic heterocycles. The summed E-state index contributed by atoms with van der Waals surface area (Å²) in [7, 11) is -2.91. The molecule has 8 heteroatoms. The average Bonchev–Trinajstić information content (AvgIpc) is 2.80. The van der Waals surface area contributed by atoms with Gasteiger partial charge in [0.15, 0.2) is 0 Å². The van der Waals surface area contributed by atoms with Gasteiger partial charge in [0.1, 0.15) is 10.6 Å². The van der Waals surface area contributed by atoms with Gasteiger partial charge in [-0.3, -0.25) is 4.31 Å². The monoisotopic (exact) mass is 473 g/mol. The van der Waals surface area contributed by atoms with Gasteiger partial charge in [-0.25, -0.2) is 13.2 Å². The number of ether oxygens (including phenoxy) is 2. The summed E-state index contributed by atoms with van der Waals surface area (Å²) in [6, 6.07) is 20.2. The molecule has 3 aromatic rings. The highest BCUT2D eigenvalue weighted by Crippen LogP contribution is 2.32. The average molecular weight is 474 g/mol. The summed E-state index contributed by atoms with van der Waals surface area (Å²) in [5, 5.41) is 0.284. The fourth-order valence-electron chi connectivity index (χ4n) is 3.22. The molecule has 0 aliphatic rings. The van der Waals surface area contributed by atoms with Gasteiger partial charge in [0, 0.05) is 13.0 Å². The summed E-state index contributed by atoms with van der Waals surface area (Å²) < 4.78 is 39.1. The molecule has 0 atom stereocenters. The van der Waals surface area contributed by atoms with Crippen molar-refractivity contribution in [2.24, 2.45) is 0 Å². The predicted octanol–water partition coefficient (Wildman–Crippen LogP) is 5.10. The molecule has 0 aliphatic carbocycles. The largest absolute Gasteiger partial charge is 0.493 e. The van der Waals surface area contributed by atoms with Crippen molar-refractivity contribution in [2.75, 3.05) is 24.6 Å². The van der Waals surface area contributed by atoms with E-state index in [9.17, 15) is 13.2 Å². The lowest BCUT2D eigenvalue weighted by molar-refractivity contribution is 0.0596. The van der Waals surface area contributed by atoms with Crippen LogP contribution in [-0.2, 0) is 14.8 Å². The molecule has 0 saturated carbocycles. The van der Waals surface area contributed by atoms with Crippen molar-refractivity contribution >= 4 is 33.3 Å². The molecule has 0 unspecified atom stereocenters. The third-order valence-electron chi connectivity index (χ3n) is 4.84. The molecule has 32 heavy (non-hydrogen) atoms. The van der Waals surface area contributed by atoms with Crippen molar-refractivity contribution in [1.29, 1.82) is 0 Å². The number of hydrogen-bond donors (Lipinski definition) is 0. The highest BCUT2D eigenvalue weighted by molar-refractivity contribution is 7.93. The second-order valence-electron chi connectivity index (χ2n) is 6.98. The fourth-order valence-corrected chi connectivity index (χ4v) is 5.21.